The Morgan fingerprint density at radius 2 is 1.96 bits per heavy atom. The van der Waals surface area contributed by atoms with Crippen LogP contribution in [0.3, 0.4) is 0 Å². The van der Waals surface area contributed by atoms with Crippen LogP contribution in [0.2, 0.25) is 0 Å². The molecule has 1 aromatic heterocycles. The van der Waals surface area contributed by atoms with E-state index in [1.54, 1.807) is 25.4 Å². The van der Waals surface area contributed by atoms with Crippen LogP contribution in [0, 0.1) is 0 Å². The fourth-order valence-electron chi connectivity index (χ4n) is 2.39. The van der Waals surface area contributed by atoms with Crippen molar-refractivity contribution in [1.82, 2.24) is 4.98 Å². The smallest absolute Gasteiger partial charge is 0.255 e. The van der Waals surface area contributed by atoms with Gasteiger partial charge in [0.05, 0.1) is 6.61 Å². The van der Waals surface area contributed by atoms with E-state index in [1.165, 1.54) is 0 Å². The van der Waals surface area contributed by atoms with Gasteiger partial charge in [-0.15, -0.1) is 0 Å². The predicted molar refractivity (Wildman–Crippen MR) is 97.7 cm³/mol. The molecule has 5 heteroatoms. The van der Waals surface area contributed by atoms with Crippen LogP contribution in [0.25, 0.3) is 0 Å². The summed E-state index contributed by atoms with van der Waals surface area (Å²) < 4.78 is 5.00. The summed E-state index contributed by atoms with van der Waals surface area (Å²) >= 11 is 0. The molecule has 2 N–H and O–H groups in total. The zero-order valence-electron chi connectivity index (χ0n) is 14.7. The number of anilines is 2. The maximum atomic E-state index is 12.6. The Morgan fingerprint density at radius 1 is 1.21 bits per heavy atom. The van der Waals surface area contributed by atoms with Crippen LogP contribution in [-0.4, -0.2) is 31.2 Å². The number of methoxy groups -OCH3 is 1. The highest BCUT2D eigenvalue weighted by Gasteiger charge is 2.19. The highest BCUT2D eigenvalue weighted by molar-refractivity contribution is 6.05. The number of rotatable bonds is 6. The molecule has 0 radical (unpaired) electrons. The first kappa shape index (κ1) is 17.9. The second-order valence-electron chi connectivity index (χ2n) is 6.60. The highest BCUT2D eigenvalue weighted by atomic mass is 16.5. The van der Waals surface area contributed by atoms with E-state index in [2.05, 4.69) is 36.4 Å². The Balaban J connectivity index is 2.15. The monoisotopic (exact) mass is 327 g/mol. The van der Waals surface area contributed by atoms with Crippen LogP contribution < -0.4 is 10.6 Å². The van der Waals surface area contributed by atoms with Crippen LogP contribution in [0.15, 0.2) is 42.6 Å². The Morgan fingerprint density at radius 3 is 2.67 bits per heavy atom. The van der Waals surface area contributed by atoms with Gasteiger partial charge in [-0.2, -0.15) is 0 Å². The third-order valence-electron chi connectivity index (χ3n) is 3.62. The largest absolute Gasteiger partial charge is 0.383 e. The molecule has 2 aromatic rings. The molecule has 1 amide bonds. The number of benzene rings is 1. The Kier molecular flexibility index (Phi) is 5.93. The van der Waals surface area contributed by atoms with E-state index in [0.29, 0.717) is 24.5 Å². The first-order valence-corrected chi connectivity index (χ1v) is 8.01. The van der Waals surface area contributed by atoms with Gasteiger partial charge in [-0.25, -0.2) is 4.98 Å². The number of nitrogens with one attached hydrogen (secondary N) is 2. The minimum atomic E-state index is -0.149. The molecular weight excluding hydrogens is 302 g/mol. The maximum Gasteiger partial charge on any atom is 0.255 e. The zero-order chi connectivity index (χ0) is 17.6. The molecule has 0 saturated heterocycles. The van der Waals surface area contributed by atoms with E-state index < -0.39 is 0 Å². The van der Waals surface area contributed by atoms with E-state index in [-0.39, 0.29) is 11.3 Å². The van der Waals surface area contributed by atoms with Crippen LogP contribution in [0.5, 0.6) is 0 Å². The molecule has 0 fully saturated rings. The van der Waals surface area contributed by atoms with E-state index in [1.807, 2.05) is 24.3 Å². The summed E-state index contributed by atoms with van der Waals surface area (Å²) in [5, 5.41) is 6.13. The molecule has 0 bridgehead atoms. The zero-order valence-corrected chi connectivity index (χ0v) is 14.7. The topological polar surface area (TPSA) is 63.2 Å². The van der Waals surface area contributed by atoms with Gasteiger partial charge in [-0.3, -0.25) is 4.79 Å². The Labute approximate surface area is 143 Å². The molecule has 5 nitrogen and oxygen atoms in total. The summed E-state index contributed by atoms with van der Waals surface area (Å²) in [5.74, 6) is 0.507. The second-order valence-corrected chi connectivity index (χ2v) is 6.60. The summed E-state index contributed by atoms with van der Waals surface area (Å²) in [4.78, 5) is 16.8. The molecule has 0 spiro atoms. The molecule has 1 aromatic carbocycles. The summed E-state index contributed by atoms with van der Waals surface area (Å²) in [6.45, 7) is 7.60. The van der Waals surface area contributed by atoms with Crippen molar-refractivity contribution in [3.05, 3.63) is 53.7 Å². The quantitative estimate of drug-likeness (QED) is 0.794. The molecule has 0 aliphatic carbocycles. The van der Waals surface area contributed by atoms with Crippen molar-refractivity contribution >= 4 is 17.4 Å². The van der Waals surface area contributed by atoms with E-state index >= 15 is 0 Å². The molecule has 128 valence electrons. The van der Waals surface area contributed by atoms with Crippen molar-refractivity contribution in [3.63, 3.8) is 0 Å². The molecule has 0 saturated carbocycles. The van der Waals surface area contributed by atoms with Crippen LogP contribution in [0.1, 0.15) is 36.7 Å². The number of aromatic nitrogens is 1. The van der Waals surface area contributed by atoms with E-state index in [0.717, 1.165) is 11.3 Å². The normalized spacial score (nSPS) is 11.2. The summed E-state index contributed by atoms with van der Waals surface area (Å²) in [7, 11) is 1.64. The molecule has 0 aliphatic heterocycles. The third kappa shape index (κ3) is 4.80. The number of hydrogen-bond acceptors (Lipinski definition) is 4. The van der Waals surface area contributed by atoms with Gasteiger partial charge >= 0.3 is 0 Å². The van der Waals surface area contributed by atoms with Crippen LogP contribution >= 0.6 is 0 Å². The van der Waals surface area contributed by atoms with Crippen LogP contribution in [0.4, 0.5) is 11.5 Å². The van der Waals surface area contributed by atoms with Gasteiger partial charge < -0.3 is 15.4 Å². The number of para-hydroxylation sites is 1. The fraction of sp³-hybridized carbons (Fsp3) is 0.368. The van der Waals surface area contributed by atoms with Gasteiger partial charge in [-0.05, 0) is 29.2 Å². The van der Waals surface area contributed by atoms with Crippen molar-refractivity contribution in [2.75, 3.05) is 30.9 Å². The lowest BCUT2D eigenvalue weighted by Gasteiger charge is -2.23. The molecular formula is C19H25N3O2. The average molecular weight is 327 g/mol. The number of carbonyl (C=O) groups excluding carboxylic acids is 1. The molecule has 1 heterocycles. The lowest BCUT2D eigenvalue weighted by atomic mass is 9.86. The standard InChI is InChI=1S/C19H25N3O2/c1-19(2,3)15-7-5-6-8-16(15)22-18(23)14-9-10-20-17(13-14)21-11-12-24-4/h5-10,13H,11-12H2,1-4H3,(H,20,21)(H,22,23). The van der Waals surface area contributed by atoms with Crippen molar-refractivity contribution in [1.29, 1.82) is 0 Å². The third-order valence-corrected chi connectivity index (χ3v) is 3.62. The molecule has 2 rings (SSSR count). The van der Waals surface area contributed by atoms with Gasteiger partial charge in [0.15, 0.2) is 0 Å². The molecule has 0 unspecified atom stereocenters. The van der Waals surface area contributed by atoms with Crippen molar-refractivity contribution in [2.45, 2.75) is 26.2 Å². The number of hydrogen-bond donors (Lipinski definition) is 2. The van der Waals surface area contributed by atoms with E-state index in [9.17, 15) is 4.79 Å². The highest BCUT2D eigenvalue weighted by Crippen LogP contribution is 2.29. The summed E-state index contributed by atoms with van der Waals surface area (Å²) in [6, 6.07) is 11.3. The lowest BCUT2D eigenvalue weighted by molar-refractivity contribution is 0.102. The Bertz CT molecular complexity index is 693. The minimum Gasteiger partial charge on any atom is -0.383 e. The summed E-state index contributed by atoms with van der Waals surface area (Å²) in [6.07, 6.45) is 1.62. The molecule has 0 atom stereocenters. The lowest BCUT2D eigenvalue weighted by Crippen LogP contribution is -2.19. The van der Waals surface area contributed by atoms with Crippen molar-refractivity contribution in [2.24, 2.45) is 0 Å². The number of ether oxygens (including phenoxy) is 1. The number of nitrogens with zero attached hydrogens (tertiary/aromatic N) is 1. The maximum absolute atomic E-state index is 12.6. The number of amides is 1. The number of pyridine rings is 1. The van der Waals surface area contributed by atoms with Gasteiger partial charge in [0.25, 0.3) is 5.91 Å². The summed E-state index contributed by atoms with van der Waals surface area (Å²) in [5.41, 5.74) is 2.45. The van der Waals surface area contributed by atoms with Gasteiger partial charge in [-0.1, -0.05) is 39.0 Å². The predicted octanol–water partition coefficient (Wildman–Crippen LogP) is 3.69. The molecule has 24 heavy (non-hydrogen) atoms. The Hall–Kier alpha value is -2.40. The first-order chi connectivity index (χ1) is 11.4. The van der Waals surface area contributed by atoms with Crippen molar-refractivity contribution in [3.8, 4) is 0 Å². The van der Waals surface area contributed by atoms with E-state index in [4.69, 9.17) is 4.74 Å². The molecule has 0 aliphatic rings. The average Bonchev–Trinajstić information content (AvgIpc) is 2.55. The number of carbonyl (C=O) groups is 1. The van der Waals surface area contributed by atoms with Gasteiger partial charge in [0, 0.05) is 31.1 Å². The second kappa shape index (κ2) is 7.93. The SMILES string of the molecule is COCCNc1cc(C(=O)Nc2ccccc2C(C)(C)C)ccn1. The van der Waals surface area contributed by atoms with Gasteiger partial charge in [0.1, 0.15) is 5.82 Å². The fourth-order valence-corrected chi connectivity index (χ4v) is 2.39. The van der Waals surface area contributed by atoms with Gasteiger partial charge in [0.2, 0.25) is 0 Å². The minimum absolute atomic E-state index is 0.0466. The first-order valence-electron chi connectivity index (χ1n) is 8.01. The van der Waals surface area contributed by atoms with Crippen molar-refractivity contribution < 1.29 is 9.53 Å². The van der Waals surface area contributed by atoms with Crippen LogP contribution in [-0.2, 0) is 10.2 Å².